The maximum atomic E-state index is 6.28. The molecule has 0 unspecified atom stereocenters. The van der Waals surface area contributed by atoms with E-state index in [0.29, 0.717) is 6.04 Å². The number of ether oxygens (including phenoxy) is 1. The first-order valence-corrected chi connectivity index (χ1v) is 8.00. The molecule has 0 atom stereocenters. The van der Waals surface area contributed by atoms with Gasteiger partial charge in [0.05, 0.1) is 17.8 Å². The fourth-order valence-electron chi connectivity index (χ4n) is 3.29. The van der Waals surface area contributed by atoms with E-state index in [1.807, 2.05) is 31.5 Å². The van der Waals surface area contributed by atoms with E-state index in [-0.39, 0.29) is 0 Å². The van der Waals surface area contributed by atoms with Crippen molar-refractivity contribution < 1.29 is 4.74 Å². The first kappa shape index (κ1) is 14.2. The third-order valence-corrected chi connectivity index (χ3v) is 4.51. The summed E-state index contributed by atoms with van der Waals surface area (Å²) in [6.07, 6.45) is 5.74. The molecular formula is C18H20N4O. The first-order valence-electron chi connectivity index (χ1n) is 8.00. The number of rotatable bonds is 2. The highest BCUT2D eigenvalue weighted by Crippen LogP contribution is 2.33. The Bertz CT molecular complexity index is 849. The molecule has 0 spiro atoms. The molecule has 118 valence electrons. The number of aromatic nitrogens is 3. The number of hydrogen-bond acceptors (Lipinski definition) is 4. The molecule has 0 amide bonds. The molecule has 0 aliphatic carbocycles. The summed E-state index contributed by atoms with van der Waals surface area (Å²) in [5.74, 6) is 0. The zero-order valence-corrected chi connectivity index (χ0v) is 13.2. The Labute approximate surface area is 135 Å². The fraction of sp³-hybridized carbons (Fsp3) is 0.333. The summed E-state index contributed by atoms with van der Waals surface area (Å²) < 4.78 is 7.60. The van der Waals surface area contributed by atoms with Gasteiger partial charge in [-0.2, -0.15) is 5.10 Å². The van der Waals surface area contributed by atoms with Gasteiger partial charge in [-0.3, -0.25) is 9.67 Å². The van der Waals surface area contributed by atoms with Crippen molar-refractivity contribution in [3.63, 3.8) is 0 Å². The molecule has 1 aliphatic heterocycles. The lowest BCUT2D eigenvalue weighted by molar-refractivity contribution is 0.0675. The van der Waals surface area contributed by atoms with E-state index < -0.39 is 0 Å². The van der Waals surface area contributed by atoms with Gasteiger partial charge in [-0.25, -0.2) is 0 Å². The molecule has 23 heavy (non-hydrogen) atoms. The second kappa shape index (κ2) is 5.66. The average Bonchev–Trinajstić information content (AvgIpc) is 2.97. The Hall–Kier alpha value is -2.40. The molecule has 0 saturated carbocycles. The van der Waals surface area contributed by atoms with Crippen molar-refractivity contribution in [2.45, 2.75) is 25.8 Å². The molecule has 3 aromatic rings. The zero-order chi connectivity index (χ0) is 15.8. The lowest BCUT2D eigenvalue weighted by Gasteiger charge is -2.23. The minimum absolute atomic E-state index is 0.400. The van der Waals surface area contributed by atoms with Crippen molar-refractivity contribution in [3.8, 4) is 11.1 Å². The van der Waals surface area contributed by atoms with Crippen LogP contribution in [0.15, 0.2) is 36.7 Å². The van der Waals surface area contributed by atoms with Crippen LogP contribution in [0.2, 0.25) is 0 Å². The Morgan fingerprint density at radius 2 is 2.04 bits per heavy atom. The van der Waals surface area contributed by atoms with Gasteiger partial charge in [0.1, 0.15) is 0 Å². The van der Waals surface area contributed by atoms with E-state index in [1.165, 1.54) is 0 Å². The van der Waals surface area contributed by atoms with Gasteiger partial charge in [-0.05, 0) is 49.6 Å². The maximum absolute atomic E-state index is 6.28. The molecule has 0 radical (unpaired) electrons. The van der Waals surface area contributed by atoms with Gasteiger partial charge in [0.25, 0.3) is 0 Å². The van der Waals surface area contributed by atoms with Gasteiger partial charge in [0.2, 0.25) is 0 Å². The smallest absolute Gasteiger partial charge is 0.0693 e. The van der Waals surface area contributed by atoms with E-state index in [2.05, 4.69) is 26.9 Å². The lowest BCUT2D eigenvalue weighted by Crippen LogP contribution is -2.20. The van der Waals surface area contributed by atoms with Crippen LogP contribution >= 0.6 is 0 Å². The van der Waals surface area contributed by atoms with Crippen molar-refractivity contribution in [3.05, 3.63) is 42.4 Å². The van der Waals surface area contributed by atoms with Crippen LogP contribution in [0, 0.1) is 6.92 Å². The number of hydrogen-bond donors (Lipinski definition) is 1. The summed E-state index contributed by atoms with van der Waals surface area (Å²) in [7, 11) is 0. The van der Waals surface area contributed by atoms with Gasteiger partial charge < -0.3 is 10.5 Å². The van der Waals surface area contributed by atoms with Crippen molar-refractivity contribution in [1.29, 1.82) is 0 Å². The normalized spacial score (nSPS) is 16.0. The van der Waals surface area contributed by atoms with E-state index in [4.69, 9.17) is 10.5 Å². The number of nitrogens with two attached hydrogens (primary N) is 1. The number of pyridine rings is 1. The predicted molar refractivity (Wildman–Crippen MR) is 91.2 cm³/mol. The van der Waals surface area contributed by atoms with Gasteiger partial charge in [0.15, 0.2) is 0 Å². The van der Waals surface area contributed by atoms with Gasteiger partial charge in [-0.15, -0.1) is 0 Å². The van der Waals surface area contributed by atoms with Crippen LogP contribution in [-0.2, 0) is 4.74 Å². The van der Waals surface area contributed by atoms with Crippen LogP contribution in [0.5, 0.6) is 0 Å². The van der Waals surface area contributed by atoms with Gasteiger partial charge in [-0.1, -0.05) is 0 Å². The van der Waals surface area contributed by atoms with E-state index in [0.717, 1.165) is 59.5 Å². The molecule has 0 bridgehead atoms. The molecular weight excluding hydrogens is 288 g/mol. The largest absolute Gasteiger partial charge is 0.398 e. The average molecular weight is 308 g/mol. The first-order chi connectivity index (χ1) is 11.2. The topological polar surface area (TPSA) is 66.0 Å². The van der Waals surface area contributed by atoms with Crippen LogP contribution in [-0.4, -0.2) is 28.0 Å². The van der Waals surface area contributed by atoms with E-state index >= 15 is 0 Å². The quantitative estimate of drug-likeness (QED) is 0.737. The zero-order valence-electron chi connectivity index (χ0n) is 13.2. The summed E-state index contributed by atoms with van der Waals surface area (Å²) >= 11 is 0. The van der Waals surface area contributed by atoms with Crippen LogP contribution < -0.4 is 5.73 Å². The number of fused-ring (bicyclic) bond motifs is 1. The minimum Gasteiger partial charge on any atom is -0.398 e. The third-order valence-electron chi connectivity index (χ3n) is 4.51. The number of nitrogens with zero attached hydrogens (tertiary/aromatic N) is 3. The monoisotopic (exact) mass is 308 g/mol. The maximum Gasteiger partial charge on any atom is 0.0693 e. The molecule has 5 heteroatoms. The van der Waals surface area contributed by atoms with Crippen LogP contribution in [0.4, 0.5) is 5.69 Å². The third kappa shape index (κ3) is 2.57. The Balaban J connectivity index is 1.84. The molecule has 1 aliphatic rings. The van der Waals surface area contributed by atoms with Crippen molar-refractivity contribution >= 4 is 16.6 Å². The molecule has 1 saturated heterocycles. The molecule has 3 heterocycles. The number of anilines is 1. The SMILES string of the molecule is Cc1cc(-c2cc3c(cnn3C3CCOCC3)cc2N)ccn1. The summed E-state index contributed by atoms with van der Waals surface area (Å²) in [4.78, 5) is 4.27. The number of benzene rings is 1. The molecule has 1 aromatic carbocycles. The second-order valence-corrected chi connectivity index (χ2v) is 6.12. The standard InChI is InChI=1S/C18H20N4O/c1-12-8-13(2-5-20-12)16-10-18-14(9-17(16)19)11-21-22(18)15-3-6-23-7-4-15/h2,5,8-11,15H,3-4,6-7,19H2,1H3. The van der Waals surface area contributed by atoms with Crippen molar-refractivity contribution in [1.82, 2.24) is 14.8 Å². The highest BCUT2D eigenvalue weighted by atomic mass is 16.5. The summed E-state index contributed by atoms with van der Waals surface area (Å²) in [5, 5.41) is 5.69. The Morgan fingerprint density at radius 1 is 1.22 bits per heavy atom. The Morgan fingerprint density at radius 3 is 2.83 bits per heavy atom. The molecule has 2 aromatic heterocycles. The van der Waals surface area contributed by atoms with E-state index in [1.54, 1.807) is 0 Å². The number of aryl methyl sites for hydroxylation is 1. The van der Waals surface area contributed by atoms with Gasteiger partial charge in [0, 0.05) is 41.7 Å². The highest BCUT2D eigenvalue weighted by molar-refractivity contribution is 5.91. The minimum atomic E-state index is 0.400. The van der Waals surface area contributed by atoms with Crippen LogP contribution in [0.1, 0.15) is 24.6 Å². The lowest BCUT2D eigenvalue weighted by atomic mass is 10.0. The van der Waals surface area contributed by atoms with Crippen molar-refractivity contribution in [2.75, 3.05) is 18.9 Å². The predicted octanol–water partition coefficient (Wildman–Crippen LogP) is 3.34. The number of nitrogen functional groups attached to an aromatic ring is 1. The highest BCUT2D eigenvalue weighted by Gasteiger charge is 2.19. The second-order valence-electron chi connectivity index (χ2n) is 6.12. The van der Waals surface area contributed by atoms with Gasteiger partial charge >= 0.3 is 0 Å². The summed E-state index contributed by atoms with van der Waals surface area (Å²) in [6.45, 7) is 3.60. The van der Waals surface area contributed by atoms with Crippen LogP contribution in [0.3, 0.4) is 0 Å². The molecule has 2 N–H and O–H groups in total. The molecule has 4 rings (SSSR count). The fourth-order valence-corrected chi connectivity index (χ4v) is 3.29. The van der Waals surface area contributed by atoms with Crippen LogP contribution in [0.25, 0.3) is 22.0 Å². The summed E-state index contributed by atoms with van der Waals surface area (Å²) in [6, 6.07) is 8.63. The van der Waals surface area contributed by atoms with E-state index in [9.17, 15) is 0 Å². The molecule has 5 nitrogen and oxygen atoms in total. The summed E-state index contributed by atoms with van der Waals surface area (Å²) in [5.41, 5.74) is 11.3. The molecule has 1 fully saturated rings. The Kier molecular flexibility index (Phi) is 3.50. The van der Waals surface area contributed by atoms with Crippen molar-refractivity contribution in [2.24, 2.45) is 0 Å².